The first-order chi connectivity index (χ1) is 5.62. The van der Waals surface area contributed by atoms with Gasteiger partial charge in [0.2, 0.25) is 0 Å². The molecule has 0 saturated carbocycles. The Labute approximate surface area is 81.0 Å². The highest BCUT2D eigenvalue weighted by Crippen LogP contribution is 2.20. The van der Waals surface area contributed by atoms with Crippen LogP contribution in [-0.2, 0) is 9.78 Å². The third-order valence-corrected chi connectivity index (χ3v) is 1.30. The molecule has 0 rings (SSSR count). The standard InChI is InChI=1S/C10H22O3/c1-8(11)7-10(5,6)13-12-9(2,3)4/h8,11H,7H2,1-6H3/t8-/m1/s1. The fraction of sp³-hybridized carbons (Fsp3) is 1.00. The zero-order valence-electron chi connectivity index (χ0n) is 9.55. The van der Waals surface area contributed by atoms with Crippen molar-refractivity contribution in [1.29, 1.82) is 0 Å². The Hall–Kier alpha value is -0.120. The molecule has 0 aliphatic heterocycles. The number of hydrogen-bond donors (Lipinski definition) is 1. The first kappa shape index (κ1) is 12.9. The Morgan fingerprint density at radius 1 is 1.08 bits per heavy atom. The van der Waals surface area contributed by atoms with Crippen LogP contribution < -0.4 is 0 Å². The van der Waals surface area contributed by atoms with E-state index in [-0.39, 0.29) is 11.7 Å². The van der Waals surface area contributed by atoms with Gasteiger partial charge in [-0.25, -0.2) is 9.78 Å². The van der Waals surface area contributed by atoms with Gasteiger partial charge in [-0.15, -0.1) is 0 Å². The molecule has 0 saturated heterocycles. The molecule has 0 fully saturated rings. The van der Waals surface area contributed by atoms with Crippen molar-refractivity contribution in [3.05, 3.63) is 0 Å². The van der Waals surface area contributed by atoms with Crippen LogP contribution in [-0.4, -0.2) is 22.4 Å². The molecule has 0 unspecified atom stereocenters. The van der Waals surface area contributed by atoms with E-state index in [2.05, 4.69) is 0 Å². The highest BCUT2D eigenvalue weighted by molar-refractivity contribution is 4.70. The zero-order valence-corrected chi connectivity index (χ0v) is 9.55. The lowest BCUT2D eigenvalue weighted by molar-refractivity contribution is -0.399. The Morgan fingerprint density at radius 3 is 1.85 bits per heavy atom. The predicted octanol–water partition coefficient (Wildman–Crippen LogP) is 2.28. The second kappa shape index (κ2) is 4.40. The minimum atomic E-state index is -0.443. The lowest BCUT2D eigenvalue weighted by Gasteiger charge is -2.29. The van der Waals surface area contributed by atoms with E-state index in [0.717, 1.165) is 0 Å². The second-order valence-electron chi connectivity index (χ2n) is 5.09. The normalized spacial score (nSPS) is 15.9. The lowest BCUT2D eigenvalue weighted by atomic mass is 10.0. The van der Waals surface area contributed by atoms with Gasteiger partial charge in [-0.1, -0.05) is 0 Å². The molecular formula is C10H22O3. The zero-order chi connectivity index (χ0) is 10.7. The van der Waals surface area contributed by atoms with Gasteiger partial charge in [0.25, 0.3) is 0 Å². The molecule has 0 heterocycles. The summed E-state index contributed by atoms with van der Waals surface area (Å²) in [7, 11) is 0. The fourth-order valence-electron chi connectivity index (χ4n) is 0.983. The van der Waals surface area contributed by atoms with Crippen molar-refractivity contribution in [1.82, 2.24) is 0 Å². The van der Waals surface area contributed by atoms with Crippen LogP contribution in [0.2, 0.25) is 0 Å². The van der Waals surface area contributed by atoms with Crippen LogP contribution in [0.3, 0.4) is 0 Å². The van der Waals surface area contributed by atoms with E-state index in [9.17, 15) is 5.11 Å². The van der Waals surface area contributed by atoms with Crippen molar-refractivity contribution in [2.45, 2.75) is 65.3 Å². The van der Waals surface area contributed by atoms with Crippen LogP contribution >= 0.6 is 0 Å². The molecule has 0 spiro atoms. The highest BCUT2D eigenvalue weighted by atomic mass is 17.2. The van der Waals surface area contributed by atoms with Crippen LogP contribution in [0.15, 0.2) is 0 Å². The van der Waals surface area contributed by atoms with Crippen LogP contribution in [0.5, 0.6) is 0 Å². The van der Waals surface area contributed by atoms with E-state index >= 15 is 0 Å². The molecule has 0 amide bonds. The molecule has 0 aromatic heterocycles. The topological polar surface area (TPSA) is 38.7 Å². The van der Waals surface area contributed by atoms with E-state index < -0.39 is 5.60 Å². The summed E-state index contributed by atoms with van der Waals surface area (Å²) in [5.74, 6) is 0. The molecule has 1 atom stereocenters. The average Bonchev–Trinajstić information content (AvgIpc) is 1.79. The molecule has 13 heavy (non-hydrogen) atoms. The van der Waals surface area contributed by atoms with Crippen LogP contribution in [0, 0.1) is 0 Å². The highest BCUT2D eigenvalue weighted by Gasteiger charge is 2.25. The van der Waals surface area contributed by atoms with E-state index in [1.807, 2.05) is 34.6 Å². The smallest absolute Gasteiger partial charge is 0.100 e. The van der Waals surface area contributed by atoms with Crippen molar-refractivity contribution in [3.63, 3.8) is 0 Å². The summed E-state index contributed by atoms with van der Waals surface area (Å²) in [4.78, 5) is 10.4. The van der Waals surface area contributed by atoms with Gasteiger partial charge in [0, 0.05) is 6.42 Å². The summed E-state index contributed by atoms with van der Waals surface area (Å²) in [6.07, 6.45) is 0.182. The maximum Gasteiger partial charge on any atom is 0.100 e. The largest absolute Gasteiger partial charge is 0.393 e. The molecule has 0 aromatic rings. The summed E-state index contributed by atoms with van der Waals surface area (Å²) in [6, 6.07) is 0. The first-order valence-electron chi connectivity index (χ1n) is 4.67. The molecule has 0 aliphatic rings. The molecule has 0 radical (unpaired) electrons. The molecule has 0 aromatic carbocycles. The summed E-state index contributed by atoms with van der Waals surface area (Å²) in [5.41, 5.74) is -0.753. The Kier molecular flexibility index (Phi) is 4.36. The Morgan fingerprint density at radius 2 is 1.54 bits per heavy atom. The van der Waals surface area contributed by atoms with Crippen LogP contribution in [0.4, 0.5) is 0 Å². The summed E-state index contributed by atoms with van der Waals surface area (Å²) in [5, 5.41) is 9.18. The van der Waals surface area contributed by atoms with E-state index in [0.29, 0.717) is 6.42 Å². The van der Waals surface area contributed by atoms with Crippen molar-refractivity contribution in [2.75, 3.05) is 0 Å². The van der Waals surface area contributed by atoms with Gasteiger partial charge >= 0.3 is 0 Å². The van der Waals surface area contributed by atoms with Gasteiger partial charge < -0.3 is 5.11 Å². The molecule has 1 N–H and O–H groups in total. The fourth-order valence-corrected chi connectivity index (χ4v) is 0.983. The monoisotopic (exact) mass is 190 g/mol. The number of aliphatic hydroxyl groups is 1. The third kappa shape index (κ3) is 8.22. The summed E-state index contributed by atoms with van der Waals surface area (Å²) < 4.78 is 0. The van der Waals surface area contributed by atoms with Gasteiger partial charge in [0.05, 0.1) is 11.7 Å². The molecule has 80 valence electrons. The number of rotatable bonds is 4. The van der Waals surface area contributed by atoms with Gasteiger partial charge in [0.15, 0.2) is 0 Å². The van der Waals surface area contributed by atoms with E-state index in [4.69, 9.17) is 9.78 Å². The number of hydrogen-bond acceptors (Lipinski definition) is 3. The Bertz CT molecular complexity index is 145. The molecule has 3 heteroatoms. The maximum absolute atomic E-state index is 9.18. The lowest BCUT2D eigenvalue weighted by Crippen LogP contribution is -2.33. The second-order valence-corrected chi connectivity index (χ2v) is 5.09. The van der Waals surface area contributed by atoms with Gasteiger partial charge in [-0.05, 0) is 41.5 Å². The van der Waals surface area contributed by atoms with Crippen molar-refractivity contribution in [3.8, 4) is 0 Å². The Balaban J connectivity index is 3.89. The van der Waals surface area contributed by atoms with Crippen molar-refractivity contribution in [2.24, 2.45) is 0 Å². The molecule has 0 aliphatic carbocycles. The van der Waals surface area contributed by atoms with Gasteiger partial charge in [-0.3, -0.25) is 0 Å². The van der Waals surface area contributed by atoms with E-state index in [1.54, 1.807) is 6.92 Å². The van der Waals surface area contributed by atoms with Gasteiger partial charge in [0.1, 0.15) is 5.60 Å². The van der Waals surface area contributed by atoms with E-state index in [1.165, 1.54) is 0 Å². The van der Waals surface area contributed by atoms with Gasteiger partial charge in [-0.2, -0.15) is 0 Å². The maximum atomic E-state index is 9.18. The third-order valence-electron chi connectivity index (χ3n) is 1.30. The quantitative estimate of drug-likeness (QED) is 0.546. The van der Waals surface area contributed by atoms with Crippen molar-refractivity contribution < 1.29 is 14.9 Å². The minimum absolute atomic E-state index is 0.310. The van der Waals surface area contributed by atoms with Crippen LogP contribution in [0.25, 0.3) is 0 Å². The molecule has 3 nitrogen and oxygen atoms in total. The van der Waals surface area contributed by atoms with Crippen LogP contribution in [0.1, 0.15) is 48.0 Å². The molecular weight excluding hydrogens is 168 g/mol. The number of aliphatic hydroxyl groups excluding tert-OH is 1. The van der Waals surface area contributed by atoms with Crippen molar-refractivity contribution >= 4 is 0 Å². The molecule has 0 bridgehead atoms. The minimum Gasteiger partial charge on any atom is -0.393 e. The SMILES string of the molecule is C[C@@H](O)CC(C)(C)OOC(C)(C)C. The average molecular weight is 190 g/mol. The summed E-state index contributed by atoms with van der Waals surface area (Å²) in [6.45, 7) is 11.3. The first-order valence-corrected chi connectivity index (χ1v) is 4.67. The summed E-state index contributed by atoms with van der Waals surface area (Å²) >= 11 is 0. The predicted molar refractivity (Wildman–Crippen MR) is 52.3 cm³/mol.